The molecule has 3 rings (SSSR count). The van der Waals surface area contributed by atoms with Gasteiger partial charge in [0.25, 0.3) is 0 Å². The van der Waals surface area contributed by atoms with Crippen molar-refractivity contribution in [2.24, 2.45) is 5.92 Å². The van der Waals surface area contributed by atoms with E-state index in [1.807, 2.05) is 30.3 Å². The lowest BCUT2D eigenvalue weighted by atomic mass is 9.95. The lowest BCUT2D eigenvalue weighted by Crippen LogP contribution is -2.52. The summed E-state index contributed by atoms with van der Waals surface area (Å²) in [7, 11) is 0. The molecule has 1 saturated heterocycles. The van der Waals surface area contributed by atoms with Gasteiger partial charge in [0.1, 0.15) is 12.4 Å². The zero-order valence-electron chi connectivity index (χ0n) is 13.3. The molecule has 0 amide bonds. The van der Waals surface area contributed by atoms with Crippen molar-refractivity contribution in [3.05, 3.63) is 30.3 Å². The van der Waals surface area contributed by atoms with Gasteiger partial charge in [-0.05, 0) is 57.7 Å². The second-order valence-corrected chi connectivity index (χ2v) is 6.89. The number of benzene rings is 1. The van der Waals surface area contributed by atoms with E-state index in [0.717, 1.165) is 37.9 Å². The van der Waals surface area contributed by atoms with Crippen molar-refractivity contribution in [1.29, 1.82) is 0 Å². The Morgan fingerprint density at radius 3 is 2.71 bits per heavy atom. The molecule has 0 bridgehead atoms. The Morgan fingerprint density at radius 2 is 2.00 bits per heavy atom. The maximum absolute atomic E-state index is 5.88. The van der Waals surface area contributed by atoms with Crippen LogP contribution in [0.5, 0.6) is 5.75 Å². The third-order valence-electron chi connectivity index (χ3n) is 5.11. The number of ether oxygens (including phenoxy) is 1. The summed E-state index contributed by atoms with van der Waals surface area (Å²) < 4.78 is 5.88. The van der Waals surface area contributed by atoms with Gasteiger partial charge in [-0.3, -0.25) is 4.90 Å². The molecular weight excluding hydrogens is 260 g/mol. The van der Waals surface area contributed by atoms with Gasteiger partial charge in [-0.1, -0.05) is 18.2 Å². The Kier molecular flexibility index (Phi) is 4.51. The van der Waals surface area contributed by atoms with E-state index < -0.39 is 0 Å². The Bertz CT molecular complexity index is 446. The second kappa shape index (κ2) is 6.37. The molecular formula is C18H28N2O. The molecule has 21 heavy (non-hydrogen) atoms. The molecule has 1 aliphatic carbocycles. The lowest BCUT2D eigenvalue weighted by molar-refractivity contribution is 0.136. The van der Waals surface area contributed by atoms with Gasteiger partial charge in [-0.15, -0.1) is 0 Å². The van der Waals surface area contributed by atoms with E-state index in [4.69, 9.17) is 4.74 Å². The first-order valence-corrected chi connectivity index (χ1v) is 8.34. The molecule has 1 heterocycles. The smallest absolute Gasteiger partial charge is 0.119 e. The van der Waals surface area contributed by atoms with Gasteiger partial charge >= 0.3 is 0 Å². The van der Waals surface area contributed by atoms with Gasteiger partial charge in [0, 0.05) is 24.7 Å². The van der Waals surface area contributed by atoms with Crippen LogP contribution in [-0.4, -0.2) is 42.7 Å². The summed E-state index contributed by atoms with van der Waals surface area (Å²) in [5.74, 6) is 1.85. The van der Waals surface area contributed by atoms with Crippen LogP contribution < -0.4 is 10.1 Å². The minimum atomic E-state index is 0.303. The zero-order chi connectivity index (χ0) is 14.7. The highest BCUT2D eigenvalue weighted by Crippen LogP contribution is 2.40. The number of hydrogen-bond donors (Lipinski definition) is 1. The van der Waals surface area contributed by atoms with Crippen LogP contribution in [0.2, 0.25) is 0 Å². The summed E-state index contributed by atoms with van der Waals surface area (Å²) in [4.78, 5) is 2.61. The predicted octanol–water partition coefficient (Wildman–Crippen LogP) is 2.92. The third kappa shape index (κ3) is 3.78. The van der Waals surface area contributed by atoms with E-state index in [2.05, 4.69) is 24.1 Å². The summed E-state index contributed by atoms with van der Waals surface area (Å²) in [6.45, 7) is 8.84. The summed E-state index contributed by atoms with van der Waals surface area (Å²) >= 11 is 0. The second-order valence-electron chi connectivity index (χ2n) is 6.89. The minimum Gasteiger partial charge on any atom is -0.492 e. The molecule has 1 aromatic carbocycles. The fraction of sp³-hybridized carbons (Fsp3) is 0.667. The third-order valence-corrected chi connectivity index (χ3v) is 5.11. The molecule has 0 aromatic heterocycles. The molecule has 116 valence electrons. The molecule has 1 saturated carbocycles. The molecule has 3 heteroatoms. The monoisotopic (exact) mass is 288 g/mol. The summed E-state index contributed by atoms with van der Waals surface area (Å²) in [5.41, 5.74) is 0.303. The van der Waals surface area contributed by atoms with Crippen LogP contribution in [0.1, 0.15) is 33.1 Å². The van der Waals surface area contributed by atoms with Crippen LogP contribution in [0.4, 0.5) is 0 Å². The van der Waals surface area contributed by atoms with E-state index in [9.17, 15) is 0 Å². The normalized spacial score (nSPS) is 30.9. The molecule has 0 spiro atoms. The van der Waals surface area contributed by atoms with Crippen molar-refractivity contribution in [3.8, 4) is 5.75 Å². The summed E-state index contributed by atoms with van der Waals surface area (Å²) in [6, 6.07) is 10.8. The molecule has 1 N–H and O–H groups in total. The fourth-order valence-corrected chi connectivity index (χ4v) is 3.47. The highest BCUT2D eigenvalue weighted by Gasteiger charge is 2.43. The highest BCUT2D eigenvalue weighted by atomic mass is 16.5. The van der Waals surface area contributed by atoms with Crippen molar-refractivity contribution in [2.75, 3.05) is 26.2 Å². The van der Waals surface area contributed by atoms with Crippen LogP contribution in [-0.2, 0) is 0 Å². The summed E-state index contributed by atoms with van der Waals surface area (Å²) in [5, 5.41) is 3.81. The maximum Gasteiger partial charge on any atom is 0.119 e. The van der Waals surface area contributed by atoms with Crippen molar-refractivity contribution in [2.45, 2.75) is 44.7 Å². The fourth-order valence-electron chi connectivity index (χ4n) is 3.47. The predicted molar refractivity (Wildman–Crippen MR) is 86.7 cm³/mol. The van der Waals surface area contributed by atoms with Crippen molar-refractivity contribution in [3.63, 3.8) is 0 Å². The SMILES string of the molecule is CC1CCNC(C)(C2CC2)CN1CCOc1ccccc1. The number of nitrogens with zero attached hydrogens (tertiary/aromatic N) is 1. The van der Waals surface area contributed by atoms with Crippen molar-refractivity contribution in [1.82, 2.24) is 10.2 Å². The van der Waals surface area contributed by atoms with Gasteiger partial charge in [0.2, 0.25) is 0 Å². The van der Waals surface area contributed by atoms with Crippen LogP contribution in [0.15, 0.2) is 30.3 Å². The molecule has 3 nitrogen and oxygen atoms in total. The first-order valence-electron chi connectivity index (χ1n) is 8.34. The van der Waals surface area contributed by atoms with Gasteiger partial charge in [-0.2, -0.15) is 0 Å². The van der Waals surface area contributed by atoms with E-state index in [0.29, 0.717) is 11.6 Å². The maximum atomic E-state index is 5.88. The van der Waals surface area contributed by atoms with Gasteiger partial charge in [-0.25, -0.2) is 0 Å². The largest absolute Gasteiger partial charge is 0.492 e. The topological polar surface area (TPSA) is 24.5 Å². The van der Waals surface area contributed by atoms with Gasteiger partial charge in [0.15, 0.2) is 0 Å². The van der Waals surface area contributed by atoms with Crippen LogP contribution in [0.3, 0.4) is 0 Å². The molecule has 2 unspecified atom stereocenters. The standard InChI is InChI=1S/C18H28N2O/c1-15-10-11-19-18(2,16-8-9-16)14-20(15)12-13-21-17-6-4-3-5-7-17/h3-7,15-16,19H,8-14H2,1-2H3. The Morgan fingerprint density at radius 1 is 1.24 bits per heavy atom. The Balaban J connectivity index is 1.54. The lowest BCUT2D eigenvalue weighted by Gasteiger charge is -2.35. The molecule has 0 radical (unpaired) electrons. The number of rotatable bonds is 5. The van der Waals surface area contributed by atoms with E-state index in [-0.39, 0.29) is 0 Å². The average Bonchev–Trinajstić information content (AvgIpc) is 3.32. The first kappa shape index (κ1) is 14.9. The summed E-state index contributed by atoms with van der Waals surface area (Å²) in [6.07, 6.45) is 4.02. The van der Waals surface area contributed by atoms with E-state index in [1.54, 1.807) is 0 Å². The number of hydrogen-bond acceptors (Lipinski definition) is 3. The number of para-hydroxylation sites is 1. The minimum absolute atomic E-state index is 0.303. The van der Waals surface area contributed by atoms with Crippen LogP contribution >= 0.6 is 0 Å². The molecule has 2 atom stereocenters. The highest BCUT2D eigenvalue weighted by molar-refractivity contribution is 5.20. The van der Waals surface area contributed by atoms with Crippen molar-refractivity contribution >= 4 is 0 Å². The van der Waals surface area contributed by atoms with Gasteiger partial charge < -0.3 is 10.1 Å². The van der Waals surface area contributed by atoms with Crippen LogP contribution in [0.25, 0.3) is 0 Å². The number of nitrogens with one attached hydrogen (secondary N) is 1. The zero-order valence-corrected chi connectivity index (χ0v) is 13.3. The van der Waals surface area contributed by atoms with Gasteiger partial charge in [0.05, 0.1) is 0 Å². The van der Waals surface area contributed by atoms with Crippen LogP contribution in [0, 0.1) is 5.92 Å². The molecule has 1 aromatic rings. The Labute approximate surface area is 128 Å². The first-order chi connectivity index (χ1) is 10.2. The van der Waals surface area contributed by atoms with Crippen molar-refractivity contribution < 1.29 is 4.74 Å². The van der Waals surface area contributed by atoms with E-state index >= 15 is 0 Å². The average molecular weight is 288 g/mol. The quantitative estimate of drug-likeness (QED) is 0.901. The molecule has 1 aliphatic heterocycles. The van der Waals surface area contributed by atoms with E-state index in [1.165, 1.54) is 19.3 Å². The molecule has 2 aliphatic rings. The molecule has 2 fully saturated rings. The Hall–Kier alpha value is -1.06.